The molecule has 0 spiro atoms. The highest BCUT2D eigenvalue weighted by Gasteiger charge is 2.10. The number of ether oxygens (including phenoxy) is 2. The van der Waals surface area contributed by atoms with E-state index in [1.54, 1.807) is 31.4 Å². The average Bonchev–Trinajstić information content (AvgIpc) is 2.55. The molecule has 0 radical (unpaired) electrons. The number of benzene rings is 2. The fourth-order valence-electron chi connectivity index (χ4n) is 1.96. The number of rotatable bonds is 6. The van der Waals surface area contributed by atoms with Crippen molar-refractivity contribution in [2.75, 3.05) is 7.11 Å². The van der Waals surface area contributed by atoms with Gasteiger partial charge in [0.1, 0.15) is 18.1 Å². The van der Waals surface area contributed by atoms with Crippen molar-refractivity contribution in [3.8, 4) is 11.5 Å². The Morgan fingerprint density at radius 1 is 1.08 bits per heavy atom. The molecular weight excluding hydrogens is 373 g/mol. The Morgan fingerprint density at radius 3 is 2.46 bits per heavy atom. The first-order chi connectivity index (χ1) is 11.4. The van der Waals surface area contributed by atoms with Gasteiger partial charge in [-0.25, -0.2) is 0 Å². The minimum absolute atomic E-state index is 0.194. The van der Waals surface area contributed by atoms with Crippen LogP contribution in [-0.4, -0.2) is 13.0 Å². The van der Waals surface area contributed by atoms with E-state index < -0.39 is 5.91 Å². The van der Waals surface area contributed by atoms with Crippen LogP contribution in [0.2, 0.25) is 15.1 Å². The second-order valence-corrected chi connectivity index (χ2v) is 6.01. The molecule has 2 N–H and O–H groups in total. The highest BCUT2D eigenvalue weighted by Crippen LogP contribution is 2.34. The summed E-state index contributed by atoms with van der Waals surface area (Å²) < 4.78 is 11.0. The quantitative estimate of drug-likeness (QED) is 0.576. The third-order valence-electron chi connectivity index (χ3n) is 3.10. The second kappa shape index (κ2) is 8.29. The van der Waals surface area contributed by atoms with Crippen molar-refractivity contribution in [3.05, 3.63) is 62.6 Å². The second-order valence-electron chi connectivity index (χ2n) is 4.79. The fraction of sp³-hybridized carbons (Fsp3) is 0.118. The predicted octanol–water partition coefficient (Wildman–Crippen LogP) is 4.73. The van der Waals surface area contributed by atoms with Gasteiger partial charge in [-0.15, -0.1) is 0 Å². The van der Waals surface area contributed by atoms with Crippen LogP contribution in [0.5, 0.6) is 11.5 Å². The lowest BCUT2D eigenvalue weighted by Crippen LogP contribution is -2.05. The Kier molecular flexibility index (Phi) is 6.37. The maximum Gasteiger partial charge on any atom is 0.241 e. The molecule has 7 heteroatoms. The largest absolute Gasteiger partial charge is 0.496 e. The van der Waals surface area contributed by atoms with Crippen molar-refractivity contribution in [2.24, 2.45) is 5.73 Å². The van der Waals surface area contributed by atoms with Crippen LogP contribution in [-0.2, 0) is 11.4 Å². The number of methoxy groups -OCH3 is 1. The summed E-state index contributed by atoms with van der Waals surface area (Å²) in [6, 6.07) is 8.47. The van der Waals surface area contributed by atoms with Crippen molar-refractivity contribution in [2.45, 2.75) is 6.61 Å². The molecule has 0 aliphatic rings. The molecule has 2 aromatic rings. The first kappa shape index (κ1) is 18.5. The highest BCUT2D eigenvalue weighted by molar-refractivity contribution is 6.43. The summed E-state index contributed by atoms with van der Waals surface area (Å²) in [4.78, 5) is 10.8. The van der Waals surface area contributed by atoms with Crippen molar-refractivity contribution >= 4 is 46.8 Å². The summed E-state index contributed by atoms with van der Waals surface area (Å²) in [6.45, 7) is 0.194. The predicted molar refractivity (Wildman–Crippen MR) is 97.0 cm³/mol. The molecule has 2 rings (SSSR count). The fourth-order valence-corrected chi connectivity index (χ4v) is 2.56. The van der Waals surface area contributed by atoms with Crippen molar-refractivity contribution in [1.29, 1.82) is 0 Å². The zero-order valence-electron chi connectivity index (χ0n) is 12.7. The Morgan fingerprint density at radius 2 is 1.79 bits per heavy atom. The molecule has 0 saturated heterocycles. The van der Waals surface area contributed by atoms with Gasteiger partial charge in [0.05, 0.1) is 22.2 Å². The molecule has 0 atom stereocenters. The zero-order chi connectivity index (χ0) is 17.7. The number of nitrogens with two attached hydrogens (primary N) is 1. The zero-order valence-corrected chi connectivity index (χ0v) is 15.0. The van der Waals surface area contributed by atoms with Gasteiger partial charge in [0, 0.05) is 17.7 Å². The van der Waals surface area contributed by atoms with Gasteiger partial charge in [-0.05, 0) is 29.8 Å². The molecule has 126 valence electrons. The number of halogens is 3. The Bertz CT molecular complexity index is 791. The van der Waals surface area contributed by atoms with Crippen molar-refractivity contribution in [3.63, 3.8) is 0 Å². The van der Waals surface area contributed by atoms with Crippen LogP contribution in [0.3, 0.4) is 0 Å². The maximum atomic E-state index is 10.8. The molecule has 0 aliphatic carbocycles. The van der Waals surface area contributed by atoms with Gasteiger partial charge < -0.3 is 15.2 Å². The van der Waals surface area contributed by atoms with Gasteiger partial charge in [0.2, 0.25) is 5.91 Å². The van der Waals surface area contributed by atoms with Crippen LogP contribution < -0.4 is 15.2 Å². The lowest BCUT2D eigenvalue weighted by Gasteiger charge is -2.13. The topological polar surface area (TPSA) is 61.5 Å². The van der Waals surface area contributed by atoms with Gasteiger partial charge in [0.15, 0.2) is 0 Å². The van der Waals surface area contributed by atoms with E-state index in [0.717, 1.165) is 11.1 Å². The van der Waals surface area contributed by atoms with E-state index in [1.807, 2.05) is 6.07 Å². The summed E-state index contributed by atoms with van der Waals surface area (Å²) in [6.07, 6.45) is 2.89. The summed E-state index contributed by atoms with van der Waals surface area (Å²) in [5.74, 6) is 0.528. The summed E-state index contributed by atoms with van der Waals surface area (Å²) in [7, 11) is 1.56. The minimum Gasteiger partial charge on any atom is -0.496 e. The molecule has 4 nitrogen and oxygen atoms in total. The van der Waals surface area contributed by atoms with E-state index in [1.165, 1.54) is 12.1 Å². The number of hydrogen-bond acceptors (Lipinski definition) is 3. The molecule has 0 fully saturated rings. The van der Waals surface area contributed by atoms with Crippen LogP contribution >= 0.6 is 34.8 Å². The number of amides is 1. The minimum atomic E-state index is -0.522. The van der Waals surface area contributed by atoms with E-state index in [0.29, 0.717) is 26.6 Å². The van der Waals surface area contributed by atoms with Gasteiger partial charge in [-0.2, -0.15) is 0 Å². The van der Waals surface area contributed by atoms with E-state index in [4.69, 9.17) is 50.0 Å². The third-order valence-corrected chi connectivity index (χ3v) is 4.12. The Hall–Kier alpha value is -1.88. The Labute approximate surface area is 154 Å². The maximum absolute atomic E-state index is 10.8. The first-order valence-electron chi connectivity index (χ1n) is 6.82. The molecule has 0 aliphatic heterocycles. The van der Waals surface area contributed by atoms with Gasteiger partial charge in [0.25, 0.3) is 0 Å². The summed E-state index contributed by atoms with van der Waals surface area (Å²) in [5.41, 5.74) is 6.65. The molecule has 24 heavy (non-hydrogen) atoms. The monoisotopic (exact) mass is 385 g/mol. The summed E-state index contributed by atoms with van der Waals surface area (Å²) in [5, 5.41) is 1.06. The van der Waals surface area contributed by atoms with Crippen LogP contribution in [0.25, 0.3) is 6.08 Å². The summed E-state index contributed by atoms with van der Waals surface area (Å²) >= 11 is 18.0. The van der Waals surface area contributed by atoms with E-state index in [2.05, 4.69) is 0 Å². The average molecular weight is 387 g/mol. The van der Waals surface area contributed by atoms with Crippen molar-refractivity contribution < 1.29 is 14.3 Å². The van der Waals surface area contributed by atoms with Crippen LogP contribution in [0.15, 0.2) is 36.4 Å². The SMILES string of the molecule is COc1ccc(/C=C\C(N)=O)cc1COc1cc(Cl)c(Cl)cc1Cl. The standard InChI is InChI=1S/C17H14Cl3NO3/c1-23-15-4-2-10(3-5-17(21)22)6-11(15)9-24-16-8-13(19)12(18)7-14(16)20/h2-8H,9H2,1H3,(H2,21,22)/b5-3-. The first-order valence-corrected chi connectivity index (χ1v) is 7.96. The molecule has 0 bridgehead atoms. The van der Waals surface area contributed by atoms with Gasteiger partial charge >= 0.3 is 0 Å². The number of hydrogen-bond donors (Lipinski definition) is 1. The lowest BCUT2D eigenvalue weighted by atomic mass is 10.1. The van der Waals surface area contributed by atoms with Crippen molar-refractivity contribution in [1.82, 2.24) is 0 Å². The molecule has 0 saturated carbocycles. The molecule has 1 amide bonds. The van der Waals surface area contributed by atoms with E-state index in [-0.39, 0.29) is 6.61 Å². The molecule has 0 unspecified atom stereocenters. The van der Waals surface area contributed by atoms with Gasteiger partial charge in [-0.3, -0.25) is 4.79 Å². The molecule has 0 heterocycles. The third kappa shape index (κ3) is 4.81. The highest BCUT2D eigenvalue weighted by atomic mass is 35.5. The molecule has 2 aromatic carbocycles. The Balaban J connectivity index is 2.23. The van der Waals surface area contributed by atoms with Crippen LogP contribution in [0.1, 0.15) is 11.1 Å². The van der Waals surface area contributed by atoms with Gasteiger partial charge in [-0.1, -0.05) is 40.9 Å². The van der Waals surface area contributed by atoms with E-state index >= 15 is 0 Å². The normalized spacial score (nSPS) is 10.8. The van der Waals surface area contributed by atoms with E-state index in [9.17, 15) is 4.79 Å². The number of carbonyl (C=O) groups excluding carboxylic acids is 1. The lowest BCUT2D eigenvalue weighted by molar-refractivity contribution is -0.113. The smallest absolute Gasteiger partial charge is 0.241 e. The van der Waals surface area contributed by atoms with Crippen LogP contribution in [0, 0.1) is 0 Å². The number of carbonyl (C=O) groups is 1. The molecule has 0 aromatic heterocycles. The number of primary amides is 1. The molecular formula is C17H14Cl3NO3. The van der Waals surface area contributed by atoms with Crippen LogP contribution in [0.4, 0.5) is 0 Å².